The molecule has 1 aliphatic heterocycles. The van der Waals surface area contributed by atoms with E-state index in [0.29, 0.717) is 46.9 Å². The largest absolute Gasteiger partial charge is 0.496 e. The molecule has 5 rings (SSSR count). The molecule has 0 saturated heterocycles. The first-order valence-corrected chi connectivity index (χ1v) is 11.0. The summed E-state index contributed by atoms with van der Waals surface area (Å²) in [4.78, 5) is 47.1. The standard InChI is InChI=1S/C26H21N5O4/c1-16-27-20-7-5-9-22(25(20)28-16)31(15-32)26(34)18-11-10-17(14-23(18)35-2)30-13-12-24(33)29-19-6-3-4-8-21(19)30/h3-11,14H,12-13H2,1-2H3,(H-,27,28,29,33)/p+1. The molecular weight excluding hydrogens is 446 g/mol. The van der Waals surface area contributed by atoms with Crippen molar-refractivity contribution in [1.29, 1.82) is 0 Å². The van der Waals surface area contributed by atoms with Crippen LogP contribution in [0.25, 0.3) is 11.0 Å². The molecule has 35 heavy (non-hydrogen) atoms. The SMILES string of the molecule is COc1cc(N2CCC(=O)Nc3ccccc32)ccc1C(=O)[N+](=C=O)c1cccc2[nH]c(C)nc12. The first kappa shape index (κ1) is 22.1. The Hall–Kier alpha value is -4.75. The summed E-state index contributed by atoms with van der Waals surface area (Å²) in [6, 6.07) is 17.8. The summed E-state index contributed by atoms with van der Waals surface area (Å²) < 4.78 is 6.46. The highest BCUT2D eigenvalue weighted by molar-refractivity contribution is 5.99. The van der Waals surface area contributed by atoms with Crippen molar-refractivity contribution in [3.8, 4) is 5.75 Å². The molecule has 174 valence electrons. The van der Waals surface area contributed by atoms with Gasteiger partial charge in [0.2, 0.25) is 5.91 Å². The lowest BCUT2D eigenvalue weighted by Gasteiger charge is -2.25. The Labute approximate surface area is 200 Å². The van der Waals surface area contributed by atoms with Crippen molar-refractivity contribution in [3.05, 3.63) is 72.1 Å². The Balaban J connectivity index is 1.55. The van der Waals surface area contributed by atoms with Crippen LogP contribution >= 0.6 is 0 Å². The maximum absolute atomic E-state index is 13.5. The number of amides is 2. The van der Waals surface area contributed by atoms with Gasteiger partial charge in [0, 0.05) is 30.8 Å². The zero-order chi connectivity index (χ0) is 24.5. The maximum atomic E-state index is 13.5. The van der Waals surface area contributed by atoms with Crippen LogP contribution in [0.15, 0.2) is 60.7 Å². The van der Waals surface area contributed by atoms with Gasteiger partial charge >= 0.3 is 12.0 Å². The number of rotatable bonds is 4. The number of carbonyl (C=O) groups excluding carboxylic acids is 3. The van der Waals surface area contributed by atoms with E-state index >= 15 is 0 Å². The van der Waals surface area contributed by atoms with Crippen LogP contribution in [0.2, 0.25) is 0 Å². The molecule has 0 unspecified atom stereocenters. The number of hydrogen-bond acceptors (Lipinski definition) is 6. The van der Waals surface area contributed by atoms with Crippen LogP contribution in [0.1, 0.15) is 22.6 Å². The van der Waals surface area contributed by atoms with Gasteiger partial charge in [-0.3, -0.25) is 4.79 Å². The van der Waals surface area contributed by atoms with E-state index in [1.54, 1.807) is 43.3 Å². The van der Waals surface area contributed by atoms with Gasteiger partial charge in [0.1, 0.15) is 17.1 Å². The zero-order valence-corrected chi connectivity index (χ0v) is 19.2. The molecule has 2 amide bonds. The molecule has 2 heterocycles. The van der Waals surface area contributed by atoms with E-state index in [9.17, 15) is 14.4 Å². The third kappa shape index (κ3) is 3.94. The number of aryl methyl sites for hydroxylation is 1. The van der Waals surface area contributed by atoms with E-state index in [2.05, 4.69) is 15.3 Å². The van der Waals surface area contributed by atoms with Crippen molar-refractivity contribution in [1.82, 2.24) is 9.97 Å². The van der Waals surface area contributed by atoms with Crippen LogP contribution in [-0.4, -0.2) is 46.1 Å². The highest BCUT2D eigenvalue weighted by Crippen LogP contribution is 2.37. The number of nitrogens with one attached hydrogen (secondary N) is 2. The minimum Gasteiger partial charge on any atom is -0.496 e. The van der Waals surface area contributed by atoms with E-state index in [-0.39, 0.29) is 11.5 Å². The second-order valence-corrected chi connectivity index (χ2v) is 8.08. The highest BCUT2D eigenvalue weighted by Gasteiger charge is 2.31. The molecule has 0 spiro atoms. The zero-order valence-electron chi connectivity index (χ0n) is 19.2. The van der Waals surface area contributed by atoms with E-state index < -0.39 is 5.91 Å². The Morgan fingerprint density at radius 3 is 2.77 bits per heavy atom. The number of carbonyl (C=O) groups is 2. The minimum absolute atomic E-state index is 0.0707. The number of ether oxygens (including phenoxy) is 1. The van der Waals surface area contributed by atoms with Crippen molar-refractivity contribution in [2.75, 3.05) is 23.9 Å². The van der Waals surface area contributed by atoms with E-state index in [1.807, 2.05) is 35.2 Å². The van der Waals surface area contributed by atoms with Gasteiger partial charge in [0.15, 0.2) is 5.52 Å². The van der Waals surface area contributed by atoms with Crippen molar-refractivity contribution in [3.63, 3.8) is 0 Å². The molecular formula is C26H22N5O4+. The van der Waals surface area contributed by atoms with E-state index in [4.69, 9.17) is 4.74 Å². The van der Waals surface area contributed by atoms with Crippen molar-refractivity contribution in [2.24, 2.45) is 0 Å². The van der Waals surface area contributed by atoms with E-state index in [1.165, 1.54) is 7.11 Å². The highest BCUT2D eigenvalue weighted by atomic mass is 16.5. The Kier molecular flexibility index (Phi) is 5.60. The number of imidazole rings is 1. The topological polar surface area (TPSA) is 107 Å². The molecule has 0 fully saturated rings. The number of para-hydroxylation sites is 3. The lowest BCUT2D eigenvalue weighted by Crippen LogP contribution is -2.20. The van der Waals surface area contributed by atoms with Crippen molar-refractivity contribution in [2.45, 2.75) is 13.3 Å². The molecule has 0 radical (unpaired) electrons. The van der Waals surface area contributed by atoms with Crippen LogP contribution in [0.4, 0.5) is 22.7 Å². The number of aromatic amines is 1. The summed E-state index contributed by atoms with van der Waals surface area (Å²) in [6.45, 7) is 2.25. The number of nitrogens with zero attached hydrogens (tertiary/aromatic N) is 3. The normalized spacial score (nSPS) is 13.0. The predicted octanol–water partition coefficient (Wildman–Crippen LogP) is 4.18. The lowest BCUT2D eigenvalue weighted by molar-refractivity contribution is -0.330. The summed E-state index contributed by atoms with van der Waals surface area (Å²) in [7, 11) is 1.46. The van der Waals surface area contributed by atoms with Gasteiger partial charge in [0.25, 0.3) is 5.69 Å². The second-order valence-electron chi connectivity index (χ2n) is 8.08. The number of benzene rings is 3. The molecule has 2 N–H and O–H groups in total. The average Bonchev–Trinajstić information content (AvgIpc) is 3.17. The number of isocyanates is 1. The third-order valence-electron chi connectivity index (χ3n) is 5.90. The molecule has 0 bridgehead atoms. The fourth-order valence-corrected chi connectivity index (χ4v) is 4.30. The van der Waals surface area contributed by atoms with Gasteiger partial charge in [-0.15, -0.1) is 0 Å². The first-order chi connectivity index (χ1) is 17.0. The minimum atomic E-state index is -0.593. The quantitative estimate of drug-likeness (QED) is 0.264. The fraction of sp³-hybridized carbons (Fsp3) is 0.154. The van der Waals surface area contributed by atoms with Crippen LogP contribution < -0.4 is 15.0 Å². The van der Waals surface area contributed by atoms with Crippen LogP contribution in [0.3, 0.4) is 0 Å². The van der Waals surface area contributed by atoms with Gasteiger partial charge in [-0.25, -0.2) is 9.78 Å². The molecule has 4 aromatic rings. The van der Waals surface area contributed by atoms with Crippen molar-refractivity contribution >= 4 is 51.7 Å². The fourth-order valence-electron chi connectivity index (χ4n) is 4.30. The number of methoxy groups -OCH3 is 1. The Morgan fingerprint density at radius 2 is 1.97 bits per heavy atom. The summed E-state index contributed by atoms with van der Waals surface area (Å²) in [5, 5.41) is 2.91. The molecule has 0 atom stereocenters. The smallest absolute Gasteiger partial charge is 0.440 e. The van der Waals surface area contributed by atoms with Gasteiger partial charge in [-0.1, -0.05) is 18.2 Å². The monoisotopic (exact) mass is 468 g/mol. The molecule has 0 saturated carbocycles. The summed E-state index contributed by atoms with van der Waals surface area (Å²) in [5.41, 5.74) is 4.01. The molecule has 0 aliphatic carbocycles. The first-order valence-electron chi connectivity index (χ1n) is 11.0. The Bertz CT molecular complexity index is 1530. The van der Waals surface area contributed by atoms with Gasteiger partial charge in [0.05, 0.1) is 24.0 Å². The van der Waals surface area contributed by atoms with Crippen LogP contribution in [0.5, 0.6) is 5.75 Å². The predicted molar refractivity (Wildman–Crippen MR) is 130 cm³/mol. The average molecular weight is 468 g/mol. The van der Waals surface area contributed by atoms with Gasteiger partial charge < -0.3 is 19.9 Å². The molecule has 1 aromatic heterocycles. The molecule has 9 heteroatoms. The number of H-pyrrole nitrogens is 1. The van der Waals surface area contributed by atoms with Crippen molar-refractivity contribution < 1.29 is 23.7 Å². The summed E-state index contributed by atoms with van der Waals surface area (Å²) in [5.74, 6) is 0.292. The Morgan fingerprint density at radius 1 is 1.14 bits per heavy atom. The maximum Gasteiger partial charge on any atom is 0.440 e. The number of fused-ring (bicyclic) bond motifs is 2. The number of hydrogen-bond donors (Lipinski definition) is 2. The third-order valence-corrected chi connectivity index (χ3v) is 5.90. The number of aromatic nitrogens is 2. The molecule has 9 nitrogen and oxygen atoms in total. The van der Waals surface area contributed by atoms with Gasteiger partial charge in [-0.05, 0) is 41.8 Å². The van der Waals surface area contributed by atoms with Crippen LogP contribution in [-0.2, 0) is 9.59 Å². The summed E-state index contributed by atoms with van der Waals surface area (Å²) in [6.07, 6.45) is 2.05. The van der Waals surface area contributed by atoms with Gasteiger partial charge in [-0.2, -0.15) is 4.79 Å². The molecule has 1 aliphatic rings. The summed E-state index contributed by atoms with van der Waals surface area (Å²) >= 11 is 0. The lowest BCUT2D eigenvalue weighted by atomic mass is 10.1. The molecule has 3 aromatic carbocycles. The second kappa shape index (κ2) is 8.89. The van der Waals surface area contributed by atoms with Crippen LogP contribution in [0, 0.1) is 6.92 Å². The number of anilines is 3. The van der Waals surface area contributed by atoms with E-state index in [0.717, 1.165) is 16.0 Å².